The Morgan fingerprint density at radius 3 is 2.55 bits per heavy atom. The van der Waals surface area contributed by atoms with Gasteiger partial charge < -0.3 is 4.74 Å². The van der Waals surface area contributed by atoms with Gasteiger partial charge in [-0.05, 0) is 57.2 Å². The van der Waals surface area contributed by atoms with Crippen LogP contribution in [0, 0.1) is 0 Å². The molecule has 2 atom stereocenters. The first-order valence-electron chi connectivity index (χ1n) is 9.22. The van der Waals surface area contributed by atoms with Crippen molar-refractivity contribution < 1.29 is 13.2 Å². The zero-order valence-corrected chi connectivity index (χ0v) is 19.0. The fourth-order valence-electron chi connectivity index (χ4n) is 2.93. The Balaban J connectivity index is 2.55. The van der Waals surface area contributed by atoms with Crippen molar-refractivity contribution in [3.05, 3.63) is 39.6 Å². The average molecular weight is 440 g/mol. The van der Waals surface area contributed by atoms with Gasteiger partial charge in [-0.2, -0.15) is 0 Å². The molecule has 0 bridgehead atoms. The van der Waals surface area contributed by atoms with Crippen LogP contribution in [0.3, 0.4) is 0 Å². The highest BCUT2D eigenvalue weighted by Gasteiger charge is 2.33. The van der Waals surface area contributed by atoms with Crippen LogP contribution >= 0.6 is 11.6 Å². The summed E-state index contributed by atoms with van der Waals surface area (Å²) in [6, 6.07) is 3.49. The minimum absolute atomic E-state index is 0.279. The smallest absolute Gasteiger partial charge is 0.223 e. The fraction of sp³-hybridized carbons (Fsp3) is 0.579. The summed E-state index contributed by atoms with van der Waals surface area (Å²) < 4.78 is 29.2. The van der Waals surface area contributed by atoms with E-state index in [1.165, 1.54) is 6.26 Å². The van der Waals surface area contributed by atoms with Crippen LogP contribution in [0.1, 0.15) is 53.2 Å². The molecule has 2 aromatic heterocycles. The van der Waals surface area contributed by atoms with Crippen LogP contribution < -0.4 is 4.74 Å². The van der Waals surface area contributed by atoms with E-state index in [0.29, 0.717) is 28.5 Å². The van der Waals surface area contributed by atoms with E-state index in [4.69, 9.17) is 21.9 Å². The second-order valence-electron chi connectivity index (χ2n) is 8.02. The van der Waals surface area contributed by atoms with E-state index in [2.05, 4.69) is 20.0 Å². The van der Waals surface area contributed by atoms with Gasteiger partial charge in [0.25, 0.3) is 0 Å². The first-order valence-corrected chi connectivity index (χ1v) is 11.5. The topological polar surface area (TPSA) is 118 Å². The molecular formula is C19H26ClN5O3S. The van der Waals surface area contributed by atoms with Crippen LogP contribution in [0.4, 0.5) is 0 Å². The molecule has 0 aliphatic rings. The van der Waals surface area contributed by atoms with Crippen LogP contribution in [0.2, 0.25) is 5.15 Å². The minimum Gasteiger partial charge on any atom is -0.474 e. The van der Waals surface area contributed by atoms with Crippen LogP contribution in [0.15, 0.2) is 23.4 Å². The second kappa shape index (κ2) is 8.34. The summed E-state index contributed by atoms with van der Waals surface area (Å²) in [7, 11) is -3.27. The second-order valence-corrected chi connectivity index (χ2v) is 11.1. The summed E-state index contributed by atoms with van der Waals surface area (Å²) in [4.78, 5) is 11.7. The van der Waals surface area contributed by atoms with Gasteiger partial charge in [0.1, 0.15) is 5.15 Å². The summed E-state index contributed by atoms with van der Waals surface area (Å²) >= 11 is 6.05. The largest absolute Gasteiger partial charge is 0.474 e. The highest BCUT2D eigenvalue weighted by Crippen LogP contribution is 2.35. The molecule has 8 nitrogen and oxygen atoms in total. The van der Waals surface area contributed by atoms with Crippen molar-refractivity contribution >= 4 is 32.2 Å². The number of halogens is 1. The Labute approximate surface area is 176 Å². The summed E-state index contributed by atoms with van der Waals surface area (Å²) in [5, 5.41) is 5.62. The van der Waals surface area contributed by atoms with Gasteiger partial charge in [-0.1, -0.05) is 23.6 Å². The maximum absolute atomic E-state index is 12.0. The van der Waals surface area contributed by atoms with Crippen molar-refractivity contribution in [1.29, 1.82) is 0 Å². The minimum atomic E-state index is -3.27. The first kappa shape index (κ1) is 23.2. The predicted octanol–water partition coefficient (Wildman–Crippen LogP) is 5.20. The molecule has 0 fully saturated rings. The number of nitrogens with zero attached hydrogens (tertiary/aromatic N) is 5. The number of hydrogen-bond donors (Lipinski definition) is 0. The van der Waals surface area contributed by atoms with Gasteiger partial charge in [-0.3, -0.25) is 0 Å². The molecule has 158 valence electrons. The molecule has 0 saturated heterocycles. The van der Waals surface area contributed by atoms with Crippen molar-refractivity contribution in [2.45, 2.75) is 63.9 Å². The van der Waals surface area contributed by atoms with Crippen molar-refractivity contribution in [3.63, 3.8) is 0 Å². The lowest BCUT2D eigenvalue weighted by molar-refractivity contribution is 0.191. The predicted molar refractivity (Wildman–Crippen MR) is 115 cm³/mol. The molecule has 2 aromatic rings. The van der Waals surface area contributed by atoms with Gasteiger partial charge in [0.05, 0.1) is 27.5 Å². The molecule has 0 aromatic carbocycles. The maximum Gasteiger partial charge on any atom is 0.223 e. The third kappa shape index (κ3) is 5.10. The summed E-state index contributed by atoms with van der Waals surface area (Å²) in [5.74, 6) is 0.297. The molecule has 0 amide bonds. The zero-order chi connectivity index (χ0) is 22.0. The summed E-state index contributed by atoms with van der Waals surface area (Å²) in [6.45, 7) is 8.83. The van der Waals surface area contributed by atoms with E-state index in [9.17, 15) is 8.42 Å². The Kier molecular flexibility index (Phi) is 6.67. The van der Waals surface area contributed by atoms with Gasteiger partial charge in [-0.15, -0.1) is 0 Å². The molecule has 0 radical (unpaired) electrons. The lowest BCUT2D eigenvalue weighted by Crippen LogP contribution is -2.36. The molecule has 2 heterocycles. The van der Waals surface area contributed by atoms with Gasteiger partial charge in [0.2, 0.25) is 5.88 Å². The number of azide groups is 1. The van der Waals surface area contributed by atoms with Crippen molar-refractivity contribution in [3.8, 4) is 5.88 Å². The molecule has 0 unspecified atom stereocenters. The van der Waals surface area contributed by atoms with Crippen molar-refractivity contribution in [2.75, 3.05) is 6.26 Å². The summed E-state index contributed by atoms with van der Waals surface area (Å²) in [6.07, 6.45) is 3.15. The number of ether oxygens (including phenoxy) is 1. The van der Waals surface area contributed by atoms with E-state index < -0.39 is 26.2 Å². The Hall–Kier alpha value is -2.09. The quantitative estimate of drug-likeness (QED) is 0.242. The SMILES string of the molecule is CC[C@@](C)(N=[N+]=[N-])c1cc2cc(Cl)ncc2c(O[C@H](C)CC(C)(C)S(C)(=O)=O)n1. The number of hydrogen-bond acceptors (Lipinski definition) is 6. The number of aromatic nitrogens is 2. The molecule has 0 spiro atoms. The number of sulfone groups is 1. The highest BCUT2D eigenvalue weighted by atomic mass is 35.5. The van der Waals surface area contributed by atoms with Gasteiger partial charge in [0, 0.05) is 23.8 Å². The van der Waals surface area contributed by atoms with Gasteiger partial charge in [0.15, 0.2) is 9.84 Å². The molecule has 10 heteroatoms. The Bertz CT molecular complexity index is 1070. The highest BCUT2D eigenvalue weighted by molar-refractivity contribution is 7.92. The third-order valence-electron chi connectivity index (χ3n) is 5.25. The van der Waals surface area contributed by atoms with Crippen molar-refractivity contribution in [1.82, 2.24) is 9.97 Å². The van der Waals surface area contributed by atoms with Gasteiger partial charge >= 0.3 is 0 Å². The van der Waals surface area contributed by atoms with E-state index in [0.717, 1.165) is 5.39 Å². The Morgan fingerprint density at radius 2 is 2.00 bits per heavy atom. The summed E-state index contributed by atoms with van der Waals surface area (Å²) in [5.41, 5.74) is 8.65. The lowest BCUT2D eigenvalue weighted by atomic mass is 9.94. The molecular weight excluding hydrogens is 414 g/mol. The fourth-order valence-corrected chi connectivity index (χ4v) is 3.64. The van der Waals surface area contributed by atoms with E-state index >= 15 is 0 Å². The Morgan fingerprint density at radius 1 is 1.34 bits per heavy atom. The first-order chi connectivity index (χ1) is 13.3. The van der Waals surface area contributed by atoms with E-state index in [1.54, 1.807) is 46.0 Å². The molecule has 0 N–H and O–H groups in total. The van der Waals surface area contributed by atoms with Crippen LogP contribution in [-0.4, -0.2) is 35.5 Å². The number of pyridine rings is 2. The standard InChI is InChI=1S/C19H26ClN5O3S/c1-7-19(5,24-25-21)15-8-13-9-16(20)22-11-14(13)17(23-15)28-12(2)10-18(3,4)29(6,26)27/h8-9,11-12H,7,10H2,1-6H3/t12-,19-/m1/s1. The van der Waals surface area contributed by atoms with Gasteiger partial charge in [-0.25, -0.2) is 18.4 Å². The van der Waals surface area contributed by atoms with Crippen LogP contribution in [0.5, 0.6) is 5.88 Å². The van der Waals surface area contributed by atoms with Crippen LogP contribution in [-0.2, 0) is 15.4 Å². The molecule has 2 rings (SSSR count). The normalized spacial score (nSPS) is 15.4. The molecule has 0 saturated carbocycles. The molecule has 0 aliphatic heterocycles. The monoisotopic (exact) mass is 439 g/mol. The van der Waals surface area contributed by atoms with E-state index in [1.807, 2.05) is 6.92 Å². The third-order valence-corrected chi connectivity index (χ3v) is 7.63. The lowest BCUT2D eigenvalue weighted by Gasteiger charge is -2.27. The average Bonchev–Trinajstić information content (AvgIpc) is 2.59. The molecule has 29 heavy (non-hydrogen) atoms. The maximum atomic E-state index is 12.0. The van der Waals surface area contributed by atoms with Crippen molar-refractivity contribution in [2.24, 2.45) is 5.11 Å². The number of fused-ring (bicyclic) bond motifs is 1. The van der Waals surface area contributed by atoms with E-state index in [-0.39, 0.29) is 6.42 Å². The zero-order valence-electron chi connectivity index (χ0n) is 17.5. The molecule has 0 aliphatic carbocycles. The van der Waals surface area contributed by atoms with Crippen LogP contribution in [0.25, 0.3) is 21.2 Å². The number of rotatable bonds is 8.